The van der Waals surface area contributed by atoms with Gasteiger partial charge >= 0.3 is 0 Å². The van der Waals surface area contributed by atoms with Crippen molar-refractivity contribution in [2.75, 3.05) is 7.05 Å². The lowest BCUT2D eigenvalue weighted by Gasteiger charge is -2.13. The molecule has 0 amide bonds. The van der Waals surface area contributed by atoms with E-state index in [4.69, 9.17) is 0 Å². The molecule has 1 aliphatic rings. The molecule has 2 heteroatoms. The van der Waals surface area contributed by atoms with E-state index in [0.717, 1.165) is 12.2 Å². The minimum atomic E-state index is 0.848. The van der Waals surface area contributed by atoms with Gasteiger partial charge in [-0.3, -0.25) is 4.98 Å². The third-order valence-corrected chi connectivity index (χ3v) is 2.84. The normalized spacial score (nSPS) is 16.2. The van der Waals surface area contributed by atoms with Crippen molar-refractivity contribution in [2.45, 2.75) is 32.2 Å². The van der Waals surface area contributed by atoms with Crippen LogP contribution in [0, 0.1) is 0 Å². The summed E-state index contributed by atoms with van der Waals surface area (Å²) >= 11 is 0. The number of rotatable bonds is 3. The fraction of sp³-hybridized carbons (Fsp3) is 0.462. The number of aromatic nitrogens is 1. The molecule has 1 heterocycles. The van der Waals surface area contributed by atoms with Crippen LogP contribution in [0.1, 0.15) is 36.9 Å². The zero-order valence-corrected chi connectivity index (χ0v) is 9.29. The van der Waals surface area contributed by atoms with Crippen LogP contribution in [-0.2, 0) is 6.54 Å². The first-order valence-corrected chi connectivity index (χ1v) is 5.69. The van der Waals surface area contributed by atoms with E-state index in [1.165, 1.54) is 36.8 Å². The van der Waals surface area contributed by atoms with Gasteiger partial charge in [0.1, 0.15) is 0 Å². The molecule has 0 spiro atoms. The van der Waals surface area contributed by atoms with Gasteiger partial charge in [0.2, 0.25) is 0 Å². The van der Waals surface area contributed by atoms with Crippen molar-refractivity contribution in [3.63, 3.8) is 0 Å². The molecule has 1 N–H and O–H groups in total. The molecule has 0 saturated carbocycles. The molecule has 15 heavy (non-hydrogen) atoms. The van der Waals surface area contributed by atoms with Crippen LogP contribution in [0.2, 0.25) is 0 Å². The Balaban J connectivity index is 2.20. The van der Waals surface area contributed by atoms with Crippen molar-refractivity contribution in [1.29, 1.82) is 0 Å². The predicted octanol–water partition coefficient (Wildman–Crippen LogP) is 2.76. The number of nitrogens with zero attached hydrogens (tertiary/aromatic N) is 1. The van der Waals surface area contributed by atoms with Crippen LogP contribution in [-0.4, -0.2) is 12.0 Å². The van der Waals surface area contributed by atoms with Crippen LogP contribution in [0.15, 0.2) is 24.4 Å². The summed E-state index contributed by atoms with van der Waals surface area (Å²) < 4.78 is 0. The number of hydrogen-bond acceptors (Lipinski definition) is 2. The van der Waals surface area contributed by atoms with E-state index in [1.807, 2.05) is 13.2 Å². The Bertz CT molecular complexity index is 355. The monoisotopic (exact) mass is 202 g/mol. The molecule has 2 nitrogen and oxygen atoms in total. The number of pyridine rings is 1. The Kier molecular flexibility index (Phi) is 3.51. The predicted molar refractivity (Wildman–Crippen MR) is 63.4 cm³/mol. The summed E-state index contributed by atoms with van der Waals surface area (Å²) in [6, 6.07) is 4.32. The zero-order valence-electron chi connectivity index (χ0n) is 9.29. The van der Waals surface area contributed by atoms with Crippen LogP contribution in [0.25, 0.3) is 5.57 Å². The Labute approximate surface area is 91.4 Å². The van der Waals surface area contributed by atoms with Gasteiger partial charge in [-0.25, -0.2) is 0 Å². The van der Waals surface area contributed by atoms with Gasteiger partial charge in [0.05, 0.1) is 5.69 Å². The molecular formula is C13H18N2. The van der Waals surface area contributed by atoms with Crippen molar-refractivity contribution in [1.82, 2.24) is 10.3 Å². The highest BCUT2D eigenvalue weighted by Gasteiger charge is 2.06. The van der Waals surface area contributed by atoms with Gasteiger partial charge < -0.3 is 5.32 Å². The molecule has 2 rings (SSSR count). The highest BCUT2D eigenvalue weighted by molar-refractivity contribution is 5.66. The summed E-state index contributed by atoms with van der Waals surface area (Å²) in [5.41, 5.74) is 3.98. The van der Waals surface area contributed by atoms with Gasteiger partial charge in [-0.1, -0.05) is 6.08 Å². The van der Waals surface area contributed by atoms with E-state index in [-0.39, 0.29) is 0 Å². The standard InChI is InChI=1S/C13H18N2/c1-14-10-13-9-12(7-8-15-13)11-5-3-2-4-6-11/h5,7-9,14H,2-4,6,10H2,1H3. The highest BCUT2D eigenvalue weighted by atomic mass is 14.8. The first kappa shape index (κ1) is 10.4. The number of allylic oxidation sites excluding steroid dienone is 2. The van der Waals surface area contributed by atoms with Crippen molar-refractivity contribution >= 4 is 5.57 Å². The smallest absolute Gasteiger partial charge is 0.0547 e. The zero-order chi connectivity index (χ0) is 10.5. The van der Waals surface area contributed by atoms with Gasteiger partial charge in [-0.2, -0.15) is 0 Å². The number of hydrogen-bond donors (Lipinski definition) is 1. The average molecular weight is 202 g/mol. The van der Waals surface area contributed by atoms with Gasteiger partial charge in [0.15, 0.2) is 0 Å². The third kappa shape index (κ3) is 2.66. The van der Waals surface area contributed by atoms with E-state index in [9.17, 15) is 0 Å². The quantitative estimate of drug-likeness (QED) is 0.815. The first-order valence-electron chi connectivity index (χ1n) is 5.69. The van der Waals surface area contributed by atoms with Crippen molar-refractivity contribution in [3.8, 4) is 0 Å². The molecule has 0 atom stereocenters. The van der Waals surface area contributed by atoms with E-state index in [1.54, 1.807) is 0 Å². The fourth-order valence-corrected chi connectivity index (χ4v) is 2.06. The molecule has 0 radical (unpaired) electrons. The molecule has 1 aromatic heterocycles. The van der Waals surface area contributed by atoms with Crippen LogP contribution in [0.4, 0.5) is 0 Å². The summed E-state index contributed by atoms with van der Waals surface area (Å²) in [5.74, 6) is 0. The molecule has 0 saturated heterocycles. The highest BCUT2D eigenvalue weighted by Crippen LogP contribution is 2.26. The van der Waals surface area contributed by atoms with Gasteiger partial charge in [-0.15, -0.1) is 0 Å². The minimum absolute atomic E-state index is 0.848. The van der Waals surface area contributed by atoms with E-state index >= 15 is 0 Å². The Morgan fingerprint density at radius 1 is 1.40 bits per heavy atom. The van der Waals surface area contributed by atoms with Gasteiger partial charge in [0.25, 0.3) is 0 Å². The number of nitrogens with one attached hydrogen (secondary N) is 1. The largest absolute Gasteiger partial charge is 0.314 e. The van der Waals surface area contributed by atoms with E-state index < -0.39 is 0 Å². The molecule has 80 valence electrons. The maximum atomic E-state index is 4.33. The van der Waals surface area contributed by atoms with Crippen LogP contribution in [0.3, 0.4) is 0 Å². The van der Waals surface area contributed by atoms with Crippen LogP contribution < -0.4 is 5.32 Å². The molecular weight excluding hydrogens is 184 g/mol. The SMILES string of the molecule is CNCc1cc(C2=CCCCC2)ccn1. The second-order valence-electron chi connectivity index (χ2n) is 4.04. The third-order valence-electron chi connectivity index (χ3n) is 2.84. The second kappa shape index (κ2) is 5.08. The molecule has 1 aromatic rings. The maximum absolute atomic E-state index is 4.33. The van der Waals surface area contributed by atoms with Gasteiger partial charge in [-0.05, 0) is 56.0 Å². The summed E-state index contributed by atoms with van der Waals surface area (Å²) in [6.07, 6.45) is 9.43. The Morgan fingerprint density at radius 3 is 3.07 bits per heavy atom. The molecule has 0 aromatic carbocycles. The molecule has 0 unspecified atom stereocenters. The maximum Gasteiger partial charge on any atom is 0.0547 e. The van der Waals surface area contributed by atoms with Crippen molar-refractivity contribution in [2.24, 2.45) is 0 Å². The summed E-state index contributed by atoms with van der Waals surface area (Å²) in [6.45, 7) is 0.848. The summed E-state index contributed by atoms with van der Waals surface area (Å²) in [5, 5.41) is 3.13. The average Bonchev–Trinajstić information content (AvgIpc) is 2.31. The Hall–Kier alpha value is -1.15. The van der Waals surface area contributed by atoms with Crippen LogP contribution >= 0.6 is 0 Å². The molecule has 1 aliphatic carbocycles. The van der Waals surface area contributed by atoms with E-state index in [0.29, 0.717) is 0 Å². The lowest BCUT2D eigenvalue weighted by Crippen LogP contribution is -2.07. The first-order chi connectivity index (χ1) is 7.40. The van der Waals surface area contributed by atoms with Gasteiger partial charge in [0, 0.05) is 12.7 Å². The Morgan fingerprint density at radius 2 is 2.33 bits per heavy atom. The van der Waals surface area contributed by atoms with Crippen molar-refractivity contribution < 1.29 is 0 Å². The molecule has 0 fully saturated rings. The summed E-state index contributed by atoms with van der Waals surface area (Å²) in [7, 11) is 1.95. The van der Waals surface area contributed by atoms with Crippen LogP contribution in [0.5, 0.6) is 0 Å². The van der Waals surface area contributed by atoms with Crippen molar-refractivity contribution in [3.05, 3.63) is 35.7 Å². The minimum Gasteiger partial charge on any atom is -0.314 e. The summed E-state index contributed by atoms with van der Waals surface area (Å²) in [4.78, 5) is 4.33. The lowest BCUT2D eigenvalue weighted by molar-refractivity contribution is 0.741. The van der Waals surface area contributed by atoms with E-state index in [2.05, 4.69) is 28.5 Å². The molecule has 0 aliphatic heterocycles. The fourth-order valence-electron chi connectivity index (χ4n) is 2.06. The lowest BCUT2D eigenvalue weighted by atomic mass is 9.94. The second-order valence-corrected chi connectivity index (χ2v) is 4.04. The topological polar surface area (TPSA) is 24.9 Å². The molecule has 0 bridgehead atoms.